The van der Waals surface area contributed by atoms with E-state index in [1.165, 1.54) is 0 Å². The van der Waals surface area contributed by atoms with E-state index in [4.69, 9.17) is 4.74 Å². The zero-order valence-corrected chi connectivity index (χ0v) is 17.6. The largest absolute Gasteiger partial charge is 0.486 e. The Morgan fingerprint density at radius 1 is 1.03 bits per heavy atom. The highest BCUT2D eigenvalue weighted by Gasteiger charge is 2.44. The van der Waals surface area contributed by atoms with E-state index in [1.807, 2.05) is 35.8 Å². The van der Waals surface area contributed by atoms with Gasteiger partial charge in [0.1, 0.15) is 11.4 Å². The molecule has 0 atom stereocenters. The molecule has 0 aromatic heterocycles. The Morgan fingerprint density at radius 2 is 1.69 bits per heavy atom. The summed E-state index contributed by atoms with van der Waals surface area (Å²) in [5.74, 6) is 1.13. The van der Waals surface area contributed by atoms with Gasteiger partial charge in [-0.2, -0.15) is 0 Å². The lowest BCUT2D eigenvalue weighted by Crippen LogP contribution is -2.54. The number of carbonyl (C=O) groups excluding carboxylic acids is 3. The second kappa shape index (κ2) is 7.47. The van der Waals surface area contributed by atoms with Gasteiger partial charge in [0.05, 0.1) is 12.0 Å². The van der Waals surface area contributed by atoms with Crippen molar-refractivity contribution in [2.45, 2.75) is 58.5 Å². The third kappa shape index (κ3) is 3.77. The first-order chi connectivity index (χ1) is 13.8. The maximum absolute atomic E-state index is 13.0. The summed E-state index contributed by atoms with van der Waals surface area (Å²) in [5, 5.41) is 0. The van der Waals surface area contributed by atoms with Crippen LogP contribution in [0.25, 0.3) is 0 Å². The predicted octanol–water partition coefficient (Wildman–Crippen LogP) is 2.89. The molecule has 1 aromatic carbocycles. The van der Waals surface area contributed by atoms with E-state index in [9.17, 15) is 14.4 Å². The van der Waals surface area contributed by atoms with Crippen LogP contribution in [0.15, 0.2) is 12.1 Å². The first-order valence-electron chi connectivity index (χ1n) is 10.7. The van der Waals surface area contributed by atoms with Gasteiger partial charge in [-0.15, -0.1) is 0 Å². The summed E-state index contributed by atoms with van der Waals surface area (Å²) >= 11 is 0. The minimum absolute atomic E-state index is 0.000388. The van der Waals surface area contributed by atoms with Gasteiger partial charge in [0.15, 0.2) is 5.78 Å². The Morgan fingerprint density at radius 3 is 2.31 bits per heavy atom. The van der Waals surface area contributed by atoms with Crippen molar-refractivity contribution in [3.05, 3.63) is 28.8 Å². The zero-order valence-electron chi connectivity index (χ0n) is 17.6. The SMILES string of the molecule is CC(=O)N1CCC(C(=O)N2CCC3(CC2)CC(=O)c2c(C)cc(C)cc2O3)CC1. The molecule has 6 nitrogen and oxygen atoms in total. The van der Waals surface area contributed by atoms with Crippen LogP contribution in [0.2, 0.25) is 0 Å². The lowest BCUT2D eigenvalue weighted by molar-refractivity contribution is -0.143. The van der Waals surface area contributed by atoms with Crippen LogP contribution in [0.1, 0.15) is 60.5 Å². The molecule has 2 saturated heterocycles. The number of ether oxygens (including phenoxy) is 1. The third-order valence-corrected chi connectivity index (χ3v) is 6.81. The molecule has 0 N–H and O–H groups in total. The van der Waals surface area contributed by atoms with E-state index >= 15 is 0 Å². The van der Waals surface area contributed by atoms with E-state index in [0.29, 0.717) is 51.2 Å². The normalized spacial score (nSPS) is 21.7. The van der Waals surface area contributed by atoms with Gasteiger partial charge in [0.25, 0.3) is 0 Å². The standard InChI is InChI=1S/C23H30N2O4/c1-15-12-16(2)21-19(27)14-23(29-20(21)13-15)6-10-25(11-7-23)22(28)18-4-8-24(9-5-18)17(3)26/h12-13,18H,4-11,14H2,1-3H3. The number of ketones is 1. The summed E-state index contributed by atoms with van der Waals surface area (Å²) in [6, 6.07) is 3.98. The van der Waals surface area contributed by atoms with Crippen molar-refractivity contribution in [2.24, 2.45) is 5.92 Å². The van der Waals surface area contributed by atoms with E-state index in [1.54, 1.807) is 6.92 Å². The zero-order chi connectivity index (χ0) is 20.8. The fourth-order valence-corrected chi connectivity index (χ4v) is 5.13. The van der Waals surface area contributed by atoms with E-state index < -0.39 is 5.60 Å². The Labute approximate surface area is 172 Å². The minimum Gasteiger partial charge on any atom is -0.486 e. The fraction of sp³-hybridized carbons (Fsp3) is 0.609. The van der Waals surface area contributed by atoms with Crippen molar-refractivity contribution in [3.8, 4) is 5.75 Å². The maximum Gasteiger partial charge on any atom is 0.225 e. The Bertz CT molecular complexity index is 847. The van der Waals surface area contributed by atoms with E-state index in [-0.39, 0.29) is 23.5 Å². The number of nitrogens with zero attached hydrogens (tertiary/aromatic N) is 2. The van der Waals surface area contributed by atoms with Gasteiger partial charge in [-0.1, -0.05) is 6.07 Å². The number of hydrogen-bond acceptors (Lipinski definition) is 4. The van der Waals surface area contributed by atoms with Gasteiger partial charge in [-0.3, -0.25) is 14.4 Å². The van der Waals surface area contributed by atoms with Crippen LogP contribution in [0.3, 0.4) is 0 Å². The van der Waals surface area contributed by atoms with E-state index in [2.05, 4.69) is 0 Å². The van der Waals surface area contributed by atoms with Gasteiger partial charge >= 0.3 is 0 Å². The van der Waals surface area contributed by atoms with Crippen molar-refractivity contribution < 1.29 is 19.1 Å². The number of Topliss-reactive ketones (excluding diaryl/α,β-unsaturated/α-hetero) is 1. The molecule has 4 rings (SSSR count). The highest BCUT2D eigenvalue weighted by Crippen LogP contribution is 2.41. The molecular formula is C23H30N2O4. The van der Waals surface area contributed by atoms with Crippen molar-refractivity contribution in [3.63, 3.8) is 0 Å². The molecule has 29 heavy (non-hydrogen) atoms. The van der Waals surface area contributed by atoms with Gasteiger partial charge in [0.2, 0.25) is 11.8 Å². The molecule has 6 heteroatoms. The number of hydrogen-bond donors (Lipinski definition) is 0. The average Bonchev–Trinajstić information content (AvgIpc) is 2.67. The Kier molecular flexibility index (Phi) is 5.13. The molecule has 1 aromatic rings. The fourth-order valence-electron chi connectivity index (χ4n) is 5.13. The second-order valence-corrected chi connectivity index (χ2v) is 8.95. The van der Waals surface area contributed by atoms with Crippen LogP contribution in [0.4, 0.5) is 0 Å². The number of rotatable bonds is 1. The van der Waals surface area contributed by atoms with Crippen LogP contribution in [-0.2, 0) is 9.59 Å². The summed E-state index contributed by atoms with van der Waals surface area (Å²) in [6.45, 7) is 8.13. The predicted molar refractivity (Wildman–Crippen MR) is 109 cm³/mol. The summed E-state index contributed by atoms with van der Waals surface area (Å²) in [7, 11) is 0. The van der Waals surface area contributed by atoms with Crippen LogP contribution in [0, 0.1) is 19.8 Å². The first-order valence-corrected chi connectivity index (χ1v) is 10.7. The molecule has 0 bridgehead atoms. The number of likely N-dealkylation sites (tertiary alicyclic amines) is 2. The lowest BCUT2D eigenvalue weighted by atomic mass is 9.81. The molecule has 0 saturated carbocycles. The third-order valence-electron chi connectivity index (χ3n) is 6.81. The second-order valence-electron chi connectivity index (χ2n) is 8.95. The quantitative estimate of drug-likeness (QED) is 0.730. The van der Waals surface area contributed by atoms with Crippen molar-refractivity contribution >= 4 is 17.6 Å². The van der Waals surface area contributed by atoms with Crippen LogP contribution in [-0.4, -0.2) is 59.2 Å². The minimum atomic E-state index is -0.487. The summed E-state index contributed by atoms with van der Waals surface area (Å²) < 4.78 is 6.40. The summed E-state index contributed by atoms with van der Waals surface area (Å²) in [6.07, 6.45) is 3.23. The van der Waals surface area contributed by atoms with Crippen molar-refractivity contribution in [1.82, 2.24) is 9.80 Å². The maximum atomic E-state index is 13.0. The van der Waals surface area contributed by atoms with Crippen LogP contribution < -0.4 is 4.74 Å². The van der Waals surface area contributed by atoms with Crippen molar-refractivity contribution in [1.29, 1.82) is 0 Å². The average molecular weight is 399 g/mol. The molecule has 0 radical (unpaired) electrons. The topological polar surface area (TPSA) is 66.9 Å². The van der Waals surface area contributed by atoms with Gasteiger partial charge < -0.3 is 14.5 Å². The Balaban J connectivity index is 1.40. The number of piperidine rings is 2. The summed E-state index contributed by atoms with van der Waals surface area (Å²) in [4.78, 5) is 41.1. The monoisotopic (exact) mass is 398 g/mol. The Hall–Kier alpha value is -2.37. The van der Waals surface area contributed by atoms with Gasteiger partial charge in [0, 0.05) is 51.9 Å². The number of aryl methyl sites for hydroxylation is 2. The van der Waals surface area contributed by atoms with E-state index in [0.717, 1.165) is 29.5 Å². The molecule has 0 unspecified atom stereocenters. The molecule has 156 valence electrons. The first kappa shape index (κ1) is 19.9. The smallest absolute Gasteiger partial charge is 0.225 e. The number of carbonyl (C=O) groups is 3. The van der Waals surface area contributed by atoms with Gasteiger partial charge in [-0.25, -0.2) is 0 Å². The molecular weight excluding hydrogens is 368 g/mol. The highest BCUT2D eigenvalue weighted by molar-refractivity contribution is 6.01. The van der Waals surface area contributed by atoms with Gasteiger partial charge in [-0.05, 0) is 43.9 Å². The molecule has 3 aliphatic rings. The molecule has 3 heterocycles. The number of fused-ring (bicyclic) bond motifs is 1. The molecule has 0 aliphatic carbocycles. The van der Waals surface area contributed by atoms with Crippen LogP contribution in [0.5, 0.6) is 5.75 Å². The summed E-state index contributed by atoms with van der Waals surface area (Å²) in [5.41, 5.74) is 2.30. The molecule has 3 aliphatic heterocycles. The lowest BCUT2D eigenvalue weighted by Gasteiger charge is -2.45. The molecule has 2 fully saturated rings. The van der Waals surface area contributed by atoms with Crippen LogP contribution >= 0.6 is 0 Å². The molecule has 1 spiro atoms. The number of amides is 2. The highest BCUT2D eigenvalue weighted by atomic mass is 16.5. The number of benzene rings is 1. The molecule has 2 amide bonds. The van der Waals surface area contributed by atoms with Crippen molar-refractivity contribution in [2.75, 3.05) is 26.2 Å².